The minimum absolute atomic E-state index is 0.0770. The van der Waals surface area contributed by atoms with Crippen molar-refractivity contribution in [2.24, 2.45) is 0 Å². The van der Waals surface area contributed by atoms with Gasteiger partial charge in [-0.05, 0) is 30.3 Å². The molecule has 0 saturated heterocycles. The molecule has 178 valence electrons. The second kappa shape index (κ2) is 8.72. The standard InChI is InChI=1S/C21H17F6N7/c22-20(23,24)13-7-12(8-14(9-13)21(25,26)27)16-10-18-30-5-6-34(18)19(33-16)31-4-3-29-17-2-1-15(28)11-32-17/h1-2,5-11H,3-4,28H2,(H,29,32)(H,31,33). The number of benzene rings is 1. The van der Waals surface area contributed by atoms with Crippen molar-refractivity contribution in [2.75, 3.05) is 29.5 Å². The van der Waals surface area contributed by atoms with Gasteiger partial charge < -0.3 is 16.4 Å². The van der Waals surface area contributed by atoms with Gasteiger partial charge in [-0.1, -0.05) is 0 Å². The molecule has 1 aromatic carbocycles. The molecule has 3 heterocycles. The Morgan fingerprint density at radius 2 is 1.53 bits per heavy atom. The van der Waals surface area contributed by atoms with Crippen LogP contribution in [0.2, 0.25) is 0 Å². The average Bonchev–Trinajstić information content (AvgIpc) is 3.25. The molecule has 0 radical (unpaired) electrons. The summed E-state index contributed by atoms with van der Waals surface area (Å²) in [6, 6.07) is 6.02. The van der Waals surface area contributed by atoms with Crippen LogP contribution < -0.4 is 16.4 Å². The van der Waals surface area contributed by atoms with Gasteiger partial charge in [-0.3, -0.25) is 4.40 Å². The summed E-state index contributed by atoms with van der Waals surface area (Å²) in [6.45, 7) is 0.701. The SMILES string of the molecule is Nc1ccc(NCCNc2nc(-c3cc(C(F)(F)F)cc(C(F)(F)F)c3)cc3nccn23)nc1. The molecule has 0 bridgehead atoms. The lowest BCUT2D eigenvalue weighted by Crippen LogP contribution is -2.17. The molecule has 4 rings (SSSR count). The van der Waals surface area contributed by atoms with Crippen LogP contribution in [0.25, 0.3) is 16.9 Å². The number of nitrogens with zero attached hydrogens (tertiary/aromatic N) is 4. The molecule has 0 aliphatic heterocycles. The summed E-state index contributed by atoms with van der Waals surface area (Å²) < 4.78 is 81.1. The Hall–Kier alpha value is -4.03. The van der Waals surface area contributed by atoms with Gasteiger partial charge in [0.2, 0.25) is 5.95 Å². The first-order valence-electron chi connectivity index (χ1n) is 9.84. The maximum atomic E-state index is 13.3. The highest BCUT2D eigenvalue weighted by Crippen LogP contribution is 2.38. The number of nitrogen functional groups attached to an aromatic ring is 1. The van der Waals surface area contributed by atoms with E-state index in [1.54, 1.807) is 18.3 Å². The summed E-state index contributed by atoms with van der Waals surface area (Å²) in [5, 5.41) is 6.05. The van der Waals surface area contributed by atoms with Crippen molar-refractivity contribution in [1.82, 2.24) is 19.4 Å². The molecule has 0 aliphatic carbocycles. The molecule has 7 nitrogen and oxygen atoms in total. The predicted molar refractivity (Wildman–Crippen MR) is 114 cm³/mol. The zero-order valence-electron chi connectivity index (χ0n) is 17.2. The largest absolute Gasteiger partial charge is 0.416 e. The van der Waals surface area contributed by atoms with Gasteiger partial charge in [-0.25, -0.2) is 15.0 Å². The number of halogens is 6. The van der Waals surface area contributed by atoms with E-state index in [4.69, 9.17) is 5.73 Å². The third kappa shape index (κ3) is 5.13. The molecule has 34 heavy (non-hydrogen) atoms. The van der Waals surface area contributed by atoms with Gasteiger partial charge in [0.05, 0.1) is 28.7 Å². The second-order valence-corrected chi connectivity index (χ2v) is 7.25. The predicted octanol–water partition coefficient (Wildman–Crippen LogP) is 4.94. The fraction of sp³-hybridized carbons (Fsp3) is 0.190. The van der Waals surface area contributed by atoms with E-state index < -0.39 is 23.5 Å². The Morgan fingerprint density at radius 1 is 0.853 bits per heavy atom. The number of pyridine rings is 1. The van der Waals surface area contributed by atoms with E-state index in [-0.39, 0.29) is 23.3 Å². The van der Waals surface area contributed by atoms with Crippen molar-refractivity contribution in [1.29, 1.82) is 0 Å². The first-order chi connectivity index (χ1) is 16.0. The molecule has 13 heteroatoms. The highest BCUT2D eigenvalue weighted by Gasteiger charge is 2.37. The zero-order valence-corrected chi connectivity index (χ0v) is 17.2. The fourth-order valence-electron chi connectivity index (χ4n) is 3.17. The Bertz CT molecular complexity index is 1260. The van der Waals surface area contributed by atoms with E-state index in [9.17, 15) is 26.3 Å². The van der Waals surface area contributed by atoms with Gasteiger partial charge in [0.15, 0.2) is 0 Å². The second-order valence-electron chi connectivity index (χ2n) is 7.25. The number of imidazole rings is 1. The molecular formula is C21H17F6N7. The summed E-state index contributed by atoms with van der Waals surface area (Å²) in [7, 11) is 0. The summed E-state index contributed by atoms with van der Waals surface area (Å²) in [5.74, 6) is 0.775. The third-order valence-corrected chi connectivity index (χ3v) is 4.77. The van der Waals surface area contributed by atoms with E-state index in [1.807, 2.05) is 0 Å². The van der Waals surface area contributed by atoms with Crippen LogP contribution in [-0.2, 0) is 12.4 Å². The topological polar surface area (TPSA) is 93.2 Å². The fourth-order valence-corrected chi connectivity index (χ4v) is 3.17. The number of hydrogen-bond donors (Lipinski definition) is 3. The summed E-state index contributed by atoms with van der Waals surface area (Å²) >= 11 is 0. The van der Waals surface area contributed by atoms with E-state index >= 15 is 0 Å². The van der Waals surface area contributed by atoms with Gasteiger partial charge in [-0.2, -0.15) is 26.3 Å². The van der Waals surface area contributed by atoms with Crippen LogP contribution >= 0.6 is 0 Å². The van der Waals surface area contributed by atoms with E-state index in [0.29, 0.717) is 42.4 Å². The van der Waals surface area contributed by atoms with Crippen LogP contribution in [0.5, 0.6) is 0 Å². The molecule has 0 aliphatic rings. The van der Waals surface area contributed by atoms with Crippen LogP contribution in [0.3, 0.4) is 0 Å². The van der Waals surface area contributed by atoms with Gasteiger partial charge >= 0.3 is 12.4 Å². The number of nitrogens with one attached hydrogen (secondary N) is 2. The summed E-state index contributed by atoms with van der Waals surface area (Å²) in [6.07, 6.45) is -5.43. The van der Waals surface area contributed by atoms with Crippen molar-refractivity contribution in [3.05, 3.63) is 66.1 Å². The first-order valence-corrected chi connectivity index (χ1v) is 9.84. The Kier molecular flexibility index (Phi) is 5.94. The lowest BCUT2D eigenvalue weighted by molar-refractivity contribution is -0.143. The highest BCUT2D eigenvalue weighted by atomic mass is 19.4. The maximum Gasteiger partial charge on any atom is 0.416 e. The minimum Gasteiger partial charge on any atom is -0.397 e. The van der Waals surface area contributed by atoms with Gasteiger partial charge in [0.1, 0.15) is 11.5 Å². The Balaban J connectivity index is 1.63. The molecule has 4 N–H and O–H groups in total. The molecule has 0 fully saturated rings. The third-order valence-electron chi connectivity index (χ3n) is 4.77. The van der Waals surface area contributed by atoms with E-state index in [2.05, 4.69) is 25.6 Å². The molecule has 0 saturated carbocycles. The van der Waals surface area contributed by atoms with Gasteiger partial charge in [-0.15, -0.1) is 0 Å². The van der Waals surface area contributed by atoms with Crippen LogP contribution in [0.1, 0.15) is 11.1 Å². The maximum absolute atomic E-state index is 13.3. The van der Waals surface area contributed by atoms with Gasteiger partial charge in [0.25, 0.3) is 0 Å². The minimum atomic E-state index is -4.96. The molecule has 0 atom stereocenters. The first kappa shape index (κ1) is 23.1. The van der Waals surface area contributed by atoms with Crippen LogP contribution in [0.4, 0.5) is 43.8 Å². The number of alkyl halides is 6. The van der Waals surface area contributed by atoms with Crippen LogP contribution in [0, 0.1) is 0 Å². The lowest BCUT2D eigenvalue weighted by Gasteiger charge is -2.15. The van der Waals surface area contributed by atoms with E-state index in [1.165, 1.54) is 22.9 Å². The van der Waals surface area contributed by atoms with Crippen molar-refractivity contribution in [2.45, 2.75) is 12.4 Å². The summed E-state index contributed by atoms with van der Waals surface area (Å²) in [5.41, 5.74) is 3.13. The van der Waals surface area contributed by atoms with Crippen molar-refractivity contribution in [3.8, 4) is 11.3 Å². The molecule has 0 unspecified atom stereocenters. The quantitative estimate of drug-likeness (QED) is 0.267. The normalized spacial score (nSPS) is 12.2. The van der Waals surface area contributed by atoms with Gasteiger partial charge in [0, 0.05) is 37.1 Å². The number of rotatable bonds is 6. The van der Waals surface area contributed by atoms with Crippen LogP contribution in [-0.4, -0.2) is 32.4 Å². The zero-order chi connectivity index (χ0) is 24.5. The smallest absolute Gasteiger partial charge is 0.397 e. The van der Waals surface area contributed by atoms with Crippen molar-refractivity contribution < 1.29 is 26.3 Å². The highest BCUT2D eigenvalue weighted by molar-refractivity contribution is 5.68. The Labute approximate surface area is 188 Å². The molecule has 3 aromatic heterocycles. The molecule has 0 amide bonds. The lowest BCUT2D eigenvalue weighted by atomic mass is 10.0. The molecule has 4 aromatic rings. The number of aromatic nitrogens is 4. The molecular weight excluding hydrogens is 464 g/mol. The number of nitrogens with two attached hydrogens (primary N) is 1. The Morgan fingerprint density at radius 3 is 2.15 bits per heavy atom. The number of anilines is 3. The average molecular weight is 481 g/mol. The monoisotopic (exact) mass is 481 g/mol. The van der Waals surface area contributed by atoms with Crippen molar-refractivity contribution in [3.63, 3.8) is 0 Å². The number of hydrogen-bond acceptors (Lipinski definition) is 6. The van der Waals surface area contributed by atoms with E-state index in [0.717, 1.165) is 0 Å². The number of fused-ring (bicyclic) bond motifs is 1. The summed E-state index contributed by atoms with van der Waals surface area (Å²) in [4.78, 5) is 12.5. The molecule has 0 spiro atoms. The van der Waals surface area contributed by atoms with Crippen LogP contribution in [0.15, 0.2) is 55.0 Å². The van der Waals surface area contributed by atoms with Crippen molar-refractivity contribution >= 4 is 23.1 Å².